The summed E-state index contributed by atoms with van der Waals surface area (Å²) in [6.07, 6.45) is 1.64. The molecular weight excluding hydrogens is 434 g/mol. The summed E-state index contributed by atoms with van der Waals surface area (Å²) >= 11 is 1.08. The molecule has 158 valence electrons. The number of nitrogens with two attached hydrogens (primary N) is 1. The Bertz CT molecular complexity index is 1210. The van der Waals surface area contributed by atoms with Crippen LogP contribution in [0.25, 0.3) is 0 Å². The average molecular weight is 453 g/mol. The maximum Gasteiger partial charge on any atom is 0.246 e. The maximum absolute atomic E-state index is 13.3. The Morgan fingerprint density at radius 1 is 1.17 bits per heavy atom. The highest BCUT2D eigenvalue weighted by atomic mass is 32.2. The van der Waals surface area contributed by atoms with Gasteiger partial charge >= 0.3 is 0 Å². The highest BCUT2D eigenvalue weighted by Gasteiger charge is 2.29. The van der Waals surface area contributed by atoms with Crippen molar-refractivity contribution < 1.29 is 22.0 Å². The first kappa shape index (κ1) is 21.8. The number of nitrogens with zero attached hydrogens (tertiary/aromatic N) is 2. The van der Waals surface area contributed by atoms with Gasteiger partial charge in [0.15, 0.2) is 11.6 Å². The van der Waals surface area contributed by atoms with Gasteiger partial charge in [-0.3, -0.25) is 4.79 Å². The van der Waals surface area contributed by atoms with E-state index in [1.54, 1.807) is 18.4 Å². The van der Waals surface area contributed by atoms with Gasteiger partial charge in [-0.15, -0.1) is 11.8 Å². The van der Waals surface area contributed by atoms with Crippen LogP contribution in [0.2, 0.25) is 0 Å². The number of amides is 1. The third-order valence-electron chi connectivity index (χ3n) is 4.21. The molecule has 7 nitrogen and oxygen atoms in total. The normalized spacial score (nSPS) is 11.5. The smallest absolute Gasteiger partial charge is 0.246 e. The zero-order chi connectivity index (χ0) is 22.1. The van der Waals surface area contributed by atoms with Crippen molar-refractivity contribution >= 4 is 39.0 Å². The summed E-state index contributed by atoms with van der Waals surface area (Å²) in [6.45, 7) is 1.42. The molecular formula is C19H18F2N4O3S2. The van der Waals surface area contributed by atoms with Crippen LogP contribution in [0.3, 0.4) is 0 Å². The van der Waals surface area contributed by atoms with Gasteiger partial charge in [0.1, 0.15) is 22.3 Å². The number of thioether (sulfide) groups is 1. The number of hydrogen-bond donors (Lipinski definition) is 2. The largest absolute Gasteiger partial charge is 0.383 e. The van der Waals surface area contributed by atoms with Crippen LogP contribution in [0.15, 0.2) is 57.3 Å². The number of nitrogen functional groups attached to an aromatic ring is 1. The van der Waals surface area contributed by atoms with Crippen molar-refractivity contribution in [2.45, 2.75) is 28.3 Å². The Morgan fingerprint density at radius 3 is 2.43 bits per heavy atom. The van der Waals surface area contributed by atoms with Crippen LogP contribution >= 0.6 is 11.8 Å². The lowest BCUT2D eigenvalue weighted by Gasteiger charge is -2.08. The van der Waals surface area contributed by atoms with E-state index in [-0.39, 0.29) is 26.3 Å². The van der Waals surface area contributed by atoms with Crippen LogP contribution in [0, 0.1) is 18.6 Å². The summed E-state index contributed by atoms with van der Waals surface area (Å²) in [5.74, 6) is -2.98. The second-order valence-electron chi connectivity index (χ2n) is 6.37. The predicted molar refractivity (Wildman–Crippen MR) is 110 cm³/mol. The molecule has 30 heavy (non-hydrogen) atoms. The lowest BCUT2D eigenvalue weighted by atomic mass is 10.2. The highest BCUT2D eigenvalue weighted by molar-refractivity contribution is 7.99. The van der Waals surface area contributed by atoms with Crippen molar-refractivity contribution in [2.24, 2.45) is 0 Å². The van der Waals surface area contributed by atoms with E-state index in [4.69, 9.17) is 5.73 Å². The summed E-state index contributed by atoms with van der Waals surface area (Å²) in [5.41, 5.74) is 6.98. The number of nitrogens with one attached hydrogen (secondary N) is 1. The molecule has 0 aliphatic carbocycles. The Hall–Kier alpha value is -2.92. The summed E-state index contributed by atoms with van der Waals surface area (Å²) < 4.78 is 53.5. The molecule has 0 fully saturated rings. The van der Waals surface area contributed by atoms with Gasteiger partial charge in [-0.1, -0.05) is 17.7 Å². The predicted octanol–water partition coefficient (Wildman–Crippen LogP) is 3.25. The molecule has 0 spiro atoms. The number of aryl methyl sites for hydroxylation is 1. The molecule has 3 aromatic rings. The SMILES string of the molecule is CSc1nn(CC(=O)Nc2ccc(F)c(F)c2)c(N)c1S(=O)(=O)c1ccc(C)cc1. The second kappa shape index (κ2) is 8.44. The number of rotatable bonds is 6. The van der Waals surface area contributed by atoms with Crippen molar-refractivity contribution in [1.82, 2.24) is 9.78 Å². The number of anilines is 2. The molecule has 1 heterocycles. The van der Waals surface area contributed by atoms with Gasteiger partial charge in [0.2, 0.25) is 15.7 Å². The lowest BCUT2D eigenvalue weighted by Crippen LogP contribution is -2.21. The first-order valence-electron chi connectivity index (χ1n) is 8.60. The zero-order valence-corrected chi connectivity index (χ0v) is 17.7. The summed E-state index contributed by atoms with van der Waals surface area (Å²) in [4.78, 5) is 12.2. The lowest BCUT2D eigenvalue weighted by molar-refractivity contribution is -0.116. The summed E-state index contributed by atoms with van der Waals surface area (Å²) in [5, 5.41) is 6.67. The minimum atomic E-state index is -3.97. The molecule has 3 N–H and O–H groups in total. The van der Waals surface area contributed by atoms with Crippen LogP contribution in [-0.4, -0.2) is 30.4 Å². The second-order valence-corrected chi connectivity index (χ2v) is 9.06. The van der Waals surface area contributed by atoms with Crippen LogP contribution in [0.4, 0.5) is 20.3 Å². The van der Waals surface area contributed by atoms with E-state index in [1.165, 1.54) is 18.2 Å². The Morgan fingerprint density at radius 2 is 1.83 bits per heavy atom. The van der Waals surface area contributed by atoms with Crippen LogP contribution in [0.1, 0.15) is 5.56 Å². The number of benzene rings is 2. The van der Waals surface area contributed by atoms with E-state index in [1.807, 2.05) is 6.92 Å². The van der Waals surface area contributed by atoms with Gasteiger partial charge in [0, 0.05) is 11.8 Å². The molecule has 2 aromatic carbocycles. The topological polar surface area (TPSA) is 107 Å². The minimum Gasteiger partial charge on any atom is -0.383 e. The molecule has 0 radical (unpaired) electrons. The van der Waals surface area contributed by atoms with Gasteiger partial charge in [-0.05, 0) is 37.4 Å². The number of carbonyl (C=O) groups is 1. The fraction of sp³-hybridized carbons (Fsp3) is 0.158. The first-order chi connectivity index (χ1) is 14.1. The average Bonchev–Trinajstić information content (AvgIpc) is 3.01. The summed E-state index contributed by atoms with van der Waals surface area (Å²) in [6, 6.07) is 9.20. The third-order valence-corrected chi connectivity index (χ3v) is 6.84. The van der Waals surface area contributed by atoms with Gasteiger partial charge in [-0.25, -0.2) is 21.9 Å². The number of aromatic nitrogens is 2. The highest BCUT2D eigenvalue weighted by Crippen LogP contribution is 2.34. The van der Waals surface area contributed by atoms with E-state index in [9.17, 15) is 22.0 Å². The van der Waals surface area contributed by atoms with Crippen LogP contribution < -0.4 is 11.1 Å². The number of sulfone groups is 1. The van der Waals surface area contributed by atoms with Crippen molar-refractivity contribution in [1.29, 1.82) is 0 Å². The molecule has 1 aromatic heterocycles. The molecule has 0 saturated heterocycles. The monoisotopic (exact) mass is 452 g/mol. The van der Waals surface area contributed by atoms with Crippen molar-refractivity contribution in [3.05, 3.63) is 59.7 Å². The Kier molecular flexibility index (Phi) is 6.13. The zero-order valence-electron chi connectivity index (χ0n) is 16.0. The maximum atomic E-state index is 13.3. The number of carbonyl (C=O) groups excluding carboxylic acids is 1. The van der Waals surface area contributed by atoms with Gasteiger partial charge < -0.3 is 11.1 Å². The molecule has 0 atom stereocenters. The fourth-order valence-corrected chi connectivity index (χ4v) is 5.12. The fourth-order valence-electron chi connectivity index (χ4n) is 2.69. The van der Waals surface area contributed by atoms with Gasteiger partial charge in [0.25, 0.3) is 0 Å². The van der Waals surface area contributed by atoms with E-state index >= 15 is 0 Å². The minimum absolute atomic E-state index is 0.0437. The standard InChI is InChI=1S/C19H18F2N4O3S2/c1-11-3-6-13(7-4-11)30(27,28)17-18(22)25(24-19(17)29-2)10-16(26)23-12-5-8-14(20)15(21)9-12/h3-9H,10,22H2,1-2H3,(H,23,26). The van der Waals surface area contributed by atoms with E-state index < -0.39 is 33.9 Å². The molecule has 0 saturated carbocycles. The molecule has 11 heteroatoms. The van der Waals surface area contributed by atoms with E-state index in [2.05, 4.69) is 10.4 Å². The van der Waals surface area contributed by atoms with Crippen molar-refractivity contribution in [3.8, 4) is 0 Å². The summed E-state index contributed by atoms with van der Waals surface area (Å²) in [7, 11) is -3.97. The van der Waals surface area contributed by atoms with E-state index in [0.717, 1.165) is 34.1 Å². The quantitative estimate of drug-likeness (QED) is 0.556. The molecule has 0 bridgehead atoms. The number of hydrogen-bond acceptors (Lipinski definition) is 6. The van der Waals surface area contributed by atoms with Gasteiger partial charge in [-0.2, -0.15) is 5.10 Å². The van der Waals surface area contributed by atoms with Crippen LogP contribution in [0.5, 0.6) is 0 Å². The molecule has 0 aliphatic rings. The third kappa shape index (κ3) is 4.31. The molecule has 0 aliphatic heterocycles. The van der Waals surface area contributed by atoms with Gasteiger partial charge in [0.05, 0.1) is 4.90 Å². The molecule has 1 amide bonds. The van der Waals surface area contributed by atoms with E-state index in [0.29, 0.717) is 0 Å². The molecule has 0 unspecified atom stereocenters. The van der Waals surface area contributed by atoms with Crippen molar-refractivity contribution in [2.75, 3.05) is 17.3 Å². The molecule has 3 rings (SSSR count). The Balaban J connectivity index is 1.90. The van der Waals surface area contributed by atoms with Crippen molar-refractivity contribution in [3.63, 3.8) is 0 Å². The number of halogens is 2. The Labute approximate surface area is 176 Å². The first-order valence-corrected chi connectivity index (χ1v) is 11.3. The van der Waals surface area contributed by atoms with Crippen LogP contribution in [-0.2, 0) is 21.2 Å².